The van der Waals surface area contributed by atoms with E-state index in [0.717, 1.165) is 99.7 Å². The molecule has 5 rings (SSSR count). The summed E-state index contributed by atoms with van der Waals surface area (Å²) in [6.07, 6.45) is 24.0. The van der Waals surface area contributed by atoms with E-state index in [-0.39, 0.29) is 29.3 Å². The van der Waals surface area contributed by atoms with E-state index in [9.17, 15) is 9.59 Å². The van der Waals surface area contributed by atoms with Crippen molar-refractivity contribution >= 4 is 85.3 Å². The molecule has 54 heavy (non-hydrogen) atoms. The molecule has 3 N–H and O–H groups in total. The number of halogens is 3. The molecule has 0 aromatic heterocycles. The van der Waals surface area contributed by atoms with Crippen molar-refractivity contribution in [1.82, 2.24) is 5.32 Å². The number of rotatable bonds is 18. The summed E-state index contributed by atoms with van der Waals surface area (Å²) in [6.45, 7) is 15.4. The lowest BCUT2D eigenvalue weighted by atomic mass is 9.47. The fourth-order valence-corrected chi connectivity index (χ4v) is 15.6. The van der Waals surface area contributed by atoms with Crippen LogP contribution in [0.4, 0.5) is 5.69 Å². The maximum absolute atomic E-state index is 13.0. The summed E-state index contributed by atoms with van der Waals surface area (Å²) in [4.78, 5) is 25.9. The number of nitrogens with one attached hydrogen (secondary N) is 1. The molecule has 0 spiro atoms. The molecule has 1 aromatic rings. The Balaban J connectivity index is 0.983. The lowest BCUT2D eigenvalue weighted by molar-refractivity contribution is -0.151. The zero-order valence-corrected chi connectivity index (χ0v) is 40.8. The average molecular weight is 1080 g/mol. The largest absolute Gasteiger partial charge is 0.462 e. The second-order valence-electron chi connectivity index (χ2n) is 18.8. The molecule has 0 bridgehead atoms. The van der Waals surface area contributed by atoms with Gasteiger partial charge in [-0.05, 0) is 196 Å². The van der Waals surface area contributed by atoms with Crippen molar-refractivity contribution in [3.63, 3.8) is 0 Å². The van der Waals surface area contributed by atoms with Gasteiger partial charge in [0.15, 0.2) is 0 Å². The number of nitrogens with two attached hydrogens (primary N) is 1. The molecule has 1 unspecified atom stereocenters. The topological polar surface area (TPSA) is 81.4 Å². The molecule has 4 aliphatic carbocycles. The Morgan fingerprint density at radius 1 is 0.926 bits per heavy atom. The summed E-state index contributed by atoms with van der Waals surface area (Å²) in [5, 5.41) is 3.18. The van der Waals surface area contributed by atoms with E-state index in [1.807, 2.05) is 0 Å². The number of allylic oxidation sites excluding steroid dienone is 1. The molecular formula is C46H71I3N2O3. The van der Waals surface area contributed by atoms with Crippen molar-refractivity contribution < 1.29 is 14.3 Å². The predicted octanol–water partition coefficient (Wildman–Crippen LogP) is 13.1. The zero-order chi connectivity index (χ0) is 39.2. The first-order valence-corrected chi connectivity index (χ1v) is 25.0. The van der Waals surface area contributed by atoms with Crippen molar-refractivity contribution in [2.24, 2.45) is 52.3 Å². The van der Waals surface area contributed by atoms with Crippen LogP contribution in [-0.2, 0) is 20.7 Å². The smallest absolute Gasteiger partial charge is 0.306 e. The second kappa shape index (κ2) is 20.2. The molecule has 4 aliphatic rings. The summed E-state index contributed by atoms with van der Waals surface area (Å²) in [5.74, 6) is 5.18. The molecule has 9 atom stereocenters. The van der Waals surface area contributed by atoms with Gasteiger partial charge in [-0.15, -0.1) is 0 Å². The van der Waals surface area contributed by atoms with Crippen LogP contribution in [0.1, 0.15) is 163 Å². The highest BCUT2D eigenvalue weighted by Crippen LogP contribution is 2.67. The molecule has 3 saturated carbocycles. The molecular weight excluding hydrogens is 1010 g/mol. The maximum Gasteiger partial charge on any atom is 0.306 e. The number of carbonyl (C=O) groups excluding carboxylic acids is 2. The number of anilines is 1. The number of nitrogen functional groups attached to an aromatic ring is 1. The molecule has 0 aliphatic heterocycles. The molecule has 0 saturated heterocycles. The van der Waals surface area contributed by atoms with E-state index < -0.39 is 0 Å². The number of carbonyl (C=O) groups is 2. The molecule has 0 radical (unpaired) electrons. The number of hydrogen-bond donors (Lipinski definition) is 2. The summed E-state index contributed by atoms with van der Waals surface area (Å²) < 4.78 is 9.44. The van der Waals surface area contributed by atoms with Crippen molar-refractivity contribution in [3.05, 3.63) is 34.0 Å². The minimum absolute atomic E-state index is 0.0112. The number of amides is 1. The Morgan fingerprint density at radius 3 is 2.41 bits per heavy atom. The standard InChI is InChI=1S/C46H71I3N2O3/c1-7-31(26-35-39(47)28-40(48)43(50)42(35)49)44(53)51-25-12-10-8-9-11-16-41(52)54-33-21-23-45(5)32(27-33)17-18-34-37-20-19-36(30(4)15-13-14-29(2)3)46(37,6)24-22-38(34)45/h17,28-31,33-34,36-38H,7-16,18-27,50H2,1-6H3,(H,51,53)/t30-,31?,33+,34+,36-,37+,38+,45+,46-/m1/s1. The SMILES string of the molecule is CCC(Cc1c(I)cc(I)c(N)c1I)C(=O)NCCCCCCCC(=O)O[C@H]1CC[C@@]2(C)C(=CC[C@H]3[C@@H]4CC[C@H]([C@H](C)CCCC(C)C)[C@@]4(C)CC[C@@H]32)C1. The van der Waals surface area contributed by atoms with Crippen molar-refractivity contribution in [2.75, 3.05) is 12.3 Å². The van der Waals surface area contributed by atoms with Crippen LogP contribution in [0, 0.1) is 63.0 Å². The summed E-state index contributed by atoms with van der Waals surface area (Å²) in [5.41, 5.74) is 10.7. The Hall–Kier alpha value is -0.110. The predicted molar refractivity (Wildman–Crippen MR) is 250 cm³/mol. The van der Waals surface area contributed by atoms with Gasteiger partial charge in [0, 0.05) is 36.0 Å². The monoisotopic (exact) mass is 1080 g/mol. The third kappa shape index (κ3) is 10.5. The number of benzene rings is 1. The molecule has 1 aromatic carbocycles. The van der Waals surface area contributed by atoms with Crippen LogP contribution in [0.25, 0.3) is 0 Å². The lowest BCUT2D eigenvalue weighted by Gasteiger charge is -2.58. The number of hydrogen-bond acceptors (Lipinski definition) is 4. The normalized spacial score (nSPS) is 30.2. The minimum atomic E-state index is -0.0524. The maximum atomic E-state index is 13.0. The van der Waals surface area contributed by atoms with E-state index in [1.165, 1.54) is 66.9 Å². The van der Waals surface area contributed by atoms with Gasteiger partial charge in [0.2, 0.25) is 5.91 Å². The first kappa shape index (κ1) is 45.0. The Kier molecular flexibility index (Phi) is 16.9. The Labute approximate surface area is 369 Å². The highest BCUT2D eigenvalue weighted by Gasteiger charge is 2.59. The van der Waals surface area contributed by atoms with Gasteiger partial charge in [-0.1, -0.05) is 91.7 Å². The fraction of sp³-hybridized carbons (Fsp3) is 0.783. The Bertz CT molecular complexity index is 1480. The molecule has 1 amide bonds. The van der Waals surface area contributed by atoms with E-state index in [1.54, 1.807) is 5.57 Å². The van der Waals surface area contributed by atoms with Crippen LogP contribution in [0.2, 0.25) is 0 Å². The number of unbranched alkanes of at least 4 members (excludes halogenated alkanes) is 4. The van der Waals surface area contributed by atoms with Crippen molar-refractivity contribution in [1.29, 1.82) is 0 Å². The first-order valence-electron chi connectivity index (χ1n) is 21.8. The van der Waals surface area contributed by atoms with Gasteiger partial charge in [0.25, 0.3) is 0 Å². The molecule has 3 fully saturated rings. The van der Waals surface area contributed by atoms with E-state index >= 15 is 0 Å². The van der Waals surface area contributed by atoms with Crippen molar-refractivity contribution in [2.45, 2.75) is 170 Å². The van der Waals surface area contributed by atoms with Crippen LogP contribution in [0.3, 0.4) is 0 Å². The van der Waals surface area contributed by atoms with Crippen LogP contribution in [0.15, 0.2) is 17.7 Å². The van der Waals surface area contributed by atoms with Gasteiger partial charge in [-0.25, -0.2) is 0 Å². The Morgan fingerprint density at radius 2 is 1.67 bits per heavy atom. The van der Waals surface area contributed by atoms with Crippen molar-refractivity contribution in [3.8, 4) is 0 Å². The van der Waals surface area contributed by atoms with Crippen LogP contribution >= 0.6 is 67.8 Å². The van der Waals surface area contributed by atoms with Crippen LogP contribution in [-0.4, -0.2) is 24.5 Å². The molecule has 304 valence electrons. The summed E-state index contributed by atoms with van der Waals surface area (Å²) in [7, 11) is 0. The third-order valence-corrected chi connectivity index (χ3v) is 18.1. The molecule has 8 heteroatoms. The van der Waals surface area contributed by atoms with Gasteiger partial charge in [0.05, 0.1) is 5.69 Å². The second-order valence-corrected chi connectivity index (χ2v) is 22.2. The van der Waals surface area contributed by atoms with E-state index in [0.29, 0.717) is 24.8 Å². The number of fused-ring (bicyclic) bond motifs is 5. The van der Waals surface area contributed by atoms with E-state index in [2.05, 4.69) is 127 Å². The molecule has 5 nitrogen and oxygen atoms in total. The van der Waals surface area contributed by atoms with Gasteiger partial charge in [0.1, 0.15) is 6.10 Å². The average Bonchev–Trinajstić information content (AvgIpc) is 3.49. The quantitative estimate of drug-likeness (QED) is 0.0505. The van der Waals surface area contributed by atoms with Crippen LogP contribution < -0.4 is 11.1 Å². The minimum Gasteiger partial charge on any atom is -0.462 e. The number of ether oxygens (including phenoxy) is 1. The van der Waals surface area contributed by atoms with Gasteiger partial charge in [-0.2, -0.15) is 0 Å². The fourth-order valence-electron chi connectivity index (χ4n) is 11.8. The summed E-state index contributed by atoms with van der Waals surface area (Å²) >= 11 is 6.96. The lowest BCUT2D eigenvalue weighted by Crippen LogP contribution is -2.51. The van der Waals surface area contributed by atoms with E-state index in [4.69, 9.17) is 10.5 Å². The first-order chi connectivity index (χ1) is 25.7. The highest BCUT2D eigenvalue weighted by atomic mass is 127. The summed E-state index contributed by atoms with van der Waals surface area (Å²) in [6, 6.07) is 2.11. The zero-order valence-electron chi connectivity index (χ0n) is 34.4. The molecule has 0 heterocycles. The van der Waals surface area contributed by atoms with Crippen LogP contribution in [0.5, 0.6) is 0 Å². The van der Waals surface area contributed by atoms with Gasteiger partial charge >= 0.3 is 5.97 Å². The third-order valence-electron chi connectivity index (χ3n) is 15.0. The number of esters is 1. The highest BCUT2D eigenvalue weighted by molar-refractivity contribution is 14.1. The van der Waals surface area contributed by atoms with Gasteiger partial charge in [-0.3, -0.25) is 9.59 Å². The van der Waals surface area contributed by atoms with Gasteiger partial charge < -0.3 is 15.8 Å².